The monoisotopic (exact) mass is 1400 g/mol. The number of unbranched alkanes of at least 4 members (excludes halogenated alkanes) is 44. The normalized spacial score (nSPS) is 14.3. The van der Waals surface area contributed by atoms with E-state index in [0.29, 0.717) is 25.7 Å². The van der Waals surface area contributed by atoms with E-state index in [4.69, 9.17) is 37.0 Å². The molecular weight excluding hydrogens is 1250 g/mol. The minimum absolute atomic E-state index is 0.106. The molecule has 19 heteroatoms. The highest BCUT2D eigenvalue weighted by Gasteiger charge is 2.30. The van der Waals surface area contributed by atoms with Gasteiger partial charge in [0.15, 0.2) is 12.2 Å². The molecule has 95 heavy (non-hydrogen) atoms. The number of aliphatic hydroxyl groups excluding tert-OH is 1. The molecule has 0 aromatic heterocycles. The average molecular weight is 1400 g/mol. The number of rotatable bonds is 75. The molecule has 0 heterocycles. The van der Waals surface area contributed by atoms with E-state index in [9.17, 15) is 43.2 Å². The van der Waals surface area contributed by atoms with Crippen LogP contribution in [-0.2, 0) is 65.4 Å². The topological polar surface area (TPSA) is 237 Å². The molecule has 564 valence electrons. The minimum atomic E-state index is -4.96. The maximum absolute atomic E-state index is 13.1. The Hall–Kier alpha value is -1.94. The van der Waals surface area contributed by atoms with E-state index in [-0.39, 0.29) is 25.7 Å². The van der Waals surface area contributed by atoms with Gasteiger partial charge in [0.2, 0.25) is 0 Å². The summed E-state index contributed by atoms with van der Waals surface area (Å²) in [5.74, 6) is -0.452. The van der Waals surface area contributed by atoms with Crippen molar-refractivity contribution >= 4 is 39.5 Å². The fourth-order valence-electron chi connectivity index (χ4n) is 11.6. The van der Waals surface area contributed by atoms with Gasteiger partial charge in [-0.1, -0.05) is 343 Å². The number of phosphoric acid groups is 2. The van der Waals surface area contributed by atoms with Crippen molar-refractivity contribution in [3.8, 4) is 0 Å². The zero-order chi connectivity index (χ0) is 70.0. The summed E-state index contributed by atoms with van der Waals surface area (Å²) in [6.45, 7) is 9.62. The Morgan fingerprint density at radius 2 is 0.537 bits per heavy atom. The number of phosphoric ester groups is 2. The lowest BCUT2D eigenvalue weighted by molar-refractivity contribution is -0.161. The highest BCUT2D eigenvalue weighted by molar-refractivity contribution is 7.47. The van der Waals surface area contributed by atoms with Crippen LogP contribution in [0.25, 0.3) is 0 Å². The first-order valence-corrected chi connectivity index (χ1v) is 42.5. The number of carbonyl (C=O) groups is 4. The molecule has 3 unspecified atom stereocenters. The number of carbonyl (C=O) groups excluding carboxylic acids is 4. The van der Waals surface area contributed by atoms with Gasteiger partial charge in [-0.3, -0.25) is 37.3 Å². The van der Waals surface area contributed by atoms with Crippen LogP contribution in [0, 0.1) is 11.8 Å². The van der Waals surface area contributed by atoms with Gasteiger partial charge in [-0.05, 0) is 37.5 Å². The van der Waals surface area contributed by atoms with Crippen molar-refractivity contribution in [2.75, 3.05) is 39.6 Å². The van der Waals surface area contributed by atoms with Crippen LogP contribution in [0.1, 0.15) is 395 Å². The van der Waals surface area contributed by atoms with Gasteiger partial charge in [0.05, 0.1) is 26.4 Å². The van der Waals surface area contributed by atoms with Gasteiger partial charge in [-0.2, -0.15) is 0 Å². The van der Waals surface area contributed by atoms with Crippen LogP contribution >= 0.6 is 15.6 Å². The molecule has 0 amide bonds. The van der Waals surface area contributed by atoms with Crippen LogP contribution in [0.15, 0.2) is 0 Å². The van der Waals surface area contributed by atoms with E-state index in [1.165, 1.54) is 199 Å². The summed E-state index contributed by atoms with van der Waals surface area (Å²) in [7, 11) is -9.90. The van der Waals surface area contributed by atoms with Crippen molar-refractivity contribution in [3.63, 3.8) is 0 Å². The maximum atomic E-state index is 13.1. The zero-order valence-electron chi connectivity index (χ0n) is 62.0. The smallest absolute Gasteiger partial charge is 0.462 e. The van der Waals surface area contributed by atoms with Crippen molar-refractivity contribution in [3.05, 3.63) is 0 Å². The Kier molecular flexibility index (Phi) is 66.5. The molecule has 0 saturated carbocycles. The Morgan fingerprint density at radius 3 is 0.800 bits per heavy atom. The Labute approximate surface area is 581 Å². The quantitative estimate of drug-likeness (QED) is 0.0222. The van der Waals surface area contributed by atoms with Gasteiger partial charge >= 0.3 is 39.5 Å². The fraction of sp³-hybridized carbons (Fsp3) is 0.947. The standard InChI is InChI=1S/C76H148O17P2/c1-7-10-12-14-16-33-42-48-54-60-75(80)92-71(64-86-73(78)58-52-46-38-15-13-11-8-2)66-90-94(82,83)88-62-70(77)63-89-95(84,85)91-67-72(65-87-74(79)59-53-47-41-36-31-27-24-23-26-30-35-40-45-51-57-69(6)9-3)93-76(81)61-55-49-43-37-32-28-22-20-18-17-19-21-25-29-34-39-44-50-56-68(4)5/h68-72,77H,7-67H2,1-6H3,(H,82,83)(H,84,85)/t69?,70-,71+,72+/m0/s1. The second-order valence-corrected chi connectivity index (χ2v) is 31.0. The first-order chi connectivity index (χ1) is 45.9. The van der Waals surface area contributed by atoms with Crippen LogP contribution in [0.2, 0.25) is 0 Å². The Balaban J connectivity index is 5.14. The van der Waals surface area contributed by atoms with Crippen LogP contribution in [0.5, 0.6) is 0 Å². The third-order valence-electron chi connectivity index (χ3n) is 18.1. The van der Waals surface area contributed by atoms with Gasteiger partial charge in [0, 0.05) is 25.7 Å². The molecule has 17 nitrogen and oxygen atoms in total. The molecule has 0 aliphatic heterocycles. The number of esters is 4. The Morgan fingerprint density at radius 1 is 0.305 bits per heavy atom. The van der Waals surface area contributed by atoms with E-state index in [2.05, 4.69) is 41.5 Å². The lowest BCUT2D eigenvalue weighted by Gasteiger charge is -2.21. The maximum Gasteiger partial charge on any atom is 0.472 e. The van der Waals surface area contributed by atoms with Crippen molar-refractivity contribution in [2.45, 2.75) is 413 Å². The first kappa shape index (κ1) is 93.1. The number of aliphatic hydroxyl groups is 1. The van der Waals surface area contributed by atoms with E-state index >= 15 is 0 Å². The molecular formula is C76H148O17P2. The van der Waals surface area contributed by atoms with E-state index in [1.807, 2.05) is 0 Å². The molecule has 6 atom stereocenters. The molecule has 0 aromatic rings. The average Bonchev–Trinajstić information content (AvgIpc) is 1.69. The molecule has 0 saturated heterocycles. The highest BCUT2D eigenvalue weighted by Crippen LogP contribution is 2.45. The Bertz CT molecular complexity index is 1840. The highest BCUT2D eigenvalue weighted by atomic mass is 31.2. The van der Waals surface area contributed by atoms with Crippen molar-refractivity contribution < 1.29 is 80.2 Å². The van der Waals surface area contributed by atoms with Crippen LogP contribution in [0.4, 0.5) is 0 Å². The van der Waals surface area contributed by atoms with Gasteiger partial charge in [-0.25, -0.2) is 9.13 Å². The molecule has 0 bridgehead atoms. The largest absolute Gasteiger partial charge is 0.472 e. The van der Waals surface area contributed by atoms with Gasteiger partial charge in [0.25, 0.3) is 0 Å². The molecule has 0 rings (SSSR count). The molecule has 0 fully saturated rings. The lowest BCUT2D eigenvalue weighted by Crippen LogP contribution is -2.30. The van der Waals surface area contributed by atoms with Gasteiger partial charge in [-0.15, -0.1) is 0 Å². The van der Waals surface area contributed by atoms with Crippen molar-refractivity contribution in [1.82, 2.24) is 0 Å². The third kappa shape index (κ3) is 69.0. The van der Waals surface area contributed by atoms with E-state index in [0.717, 1.165) is 115 Å². The molecule has 0 aromatic carbocycles. The fourth-order valence-corrected chi connectivity index (χ4v) is 13.2. The van der Waals surface area contributed by atoms with Crippen LogP contribution in [-0.4, -0.2) is 96.7 Å². The zero-order valence-corrected chi connectivity index (χ0v) is 63.8. The predicted molar refractivity (Wildman–Crippen MR) is 386 cm³/mol. The lowest BCUT2D eigenvalue weighted by atomic mass is 9.99. The van der Waals surface area contributed by atoms with Crippen molar-refractivity contribution in [2.24, 2.45) is 11.8 Å². The summed E-state index contributed by atoms with van der Waals surface area (Å²) in [6, 6.07) is 0. The summed E-state index contributed by atoms with van der Waals surface area (Å²) < 4.78 is 68.3. The SMILES string of the molecule is CCCCCCCCCCCC(=O)O[C@H](COC(=O)CCCCCCCCC)COP(=O)(O)OC[C@H](O)COP(=O)(O)OC[C@@H](COC(=O)CCCCCCCCCCCCCCCCC(C)CC)OC(=O)CCCCCCCCCCCCCCCCCCCCC(C)C. The van der Waals surface area contributed by atoms with Crippen molar-refractivity contribution in [1.29, 1.82) is 0 Å². The number of hydrogen-bond donors (Lipinski definition) is 3. The van der Waals surface area contributed by atoms with E-state index < -0.39 is 97.5 Å². The second-order valence-electron chi connectivity index (χ2n) is 28.1. The summed E-state index contributed by atoms with van der Waals surface area (Å²) in [5.41, 5.74) is 0. The summed E-state index contributed by atoms with van der Waals surface area (Å²) in [6.07, 6.45) is 55.7. The summed E-state index contributed by atoms with van der Waals surface area (Å²) in [5, 5.41) is 10.6. The van der Waals surface area contributed by atoms with Crippen LogP contribution in [0.3, 0.4) is 0 Å². The summed E-state index contributed by atoms with van der Waals surface area (Å²) >= 11 is 0. The first-order valence-electron chi connectivity index (χ1n) is 39.5. The molecule has 0 spiro atoms. The van der Waals surface area contributed by atoms with E-state index in [1.54, 1.807) is 0 Å². The van der Waals surface area contributed by atoms with Gasteiger partial charge in [0.1, 0.15) is 19.3 Å². The molecule has 0 radical (unpaired) electrons. The van der Waals surface area contributed by atoms with Gasteiger partial charge < -0.3 is 33.8 Å². The number of ether oxygens (including phenoxy) is 4. The molecule has 0 aliphatic carbocycles. The number of hydrogen-bond acceptors (Lipinski definition) is 15. The molecule has 0 aliphatic rings. The minimum Gasteiger partial charge on any atom is -0.462 e. The molecule has 3 N–H and O–H groups in total. The predicted octanol–water partition coefficient (Wildman–Crippen LogP) is 22.3. The van der Waals surface area contributed by atoms with Crippen LogP contribution < -0.4 is 0 Å². The summed E-state index contributed by atoms with van der Waals surface area (Å²) in [4.78, 5) is 72.6. The second kappa shape index (κ2) is 67.9. The third-order valence-corrected chi connectivity index (χ3v) is 20.0.